The minimum atomic E-state index is -1.81. The zero-order chi connectivity index (χ0) is 15.5. The van der Waals surface area contributed by atoms with Crippen LogP contribution in [0.4, 0.5) is 8.78 Å². The Morgan fingerprint density at radius 3 is 2.10 bits per heavy atom. The number of rotatable bonds is 5. The van der Waals surface area contributed by atoms with Crippen LogP contribution in [0.1, 0.15) is 32.8 Å². The van der Waals surface area contributed by atoms with Gasteiger partial charge in [-0.15, -0.1) is 0 Å². The van der Waals surface area contributed by atoms with E-state index in [1.54, 1.807) is 6.92 Å². The summed E-state index contributed by atoms with van der Waals surface area (Å²) in [6, 6.07) is 2.52. The van der Waals surface area contributed by atoms with Gasteiger partial charge in [-0.25, -0.2) is 13.6 Å². The normalized spacial score (nSPS) is 13.7. The fourth-order valence-electron chi connectivity index (χ4n) is 2.15. The van der Waals surface area contributed by atoms with E-state index in [9.17, 15) is 23.5 Å². The number of hydrogen-bond donors (Lipinski definition) is 1. The quantitative estimate of drug-likeness (QED) is 0.904. The fourth-order valence-corrected chi connectivity index (χ4v) is 2.15. The van der Waals surface area contributed by atoms with Crippen LogP contribution in [0.3, 0.4) is 0 Å². The molecule has 0 aliphatic heterocycles. The first-order chi connectivity index (χ1) is 9.23. The van der Waals surface area contributed by atoms with Gasteiger partial charge >= 0.3 is 5.97 Å². The van der Waals surface area contributed by atoms with E-state index in [0.29, 0.717) is 12.5 Å². The second-order valence-electron chi connectivity index (χ2n) is 4.71. The van der Waals surface area contributed by atoms with Crippen molar-refractivity contribution in [2.24, 2.45) is 0 Å². The fraction of sp³-hybridized carbons (Fsp3) is 0.429. The third-order valence-electron chi connectivity index (χ3n) is 3.21. The summed E-state index contributed by atoms with van der Waals surface area (Å²) >= 11 is 0. The van der Waals surface area contributed by atoms with Crippen molar-refractivity contribution < 1.29 is 23.5 Å². The minimum absolute atomic E-state index is 0.105. The summed E-state index contributed by atoms with van der Waals surface area (Å²) in [5.41, 5.74) is -1.92. The zero-order valence-corrected chi connectivity index (χ0v) is 11.6. The van der Waals surface area contributed by atoms with Gasteiger partial charge in [0.05, 0.1) is 0 Å². The van der Waals surface area contributed by atoms with Gasteiger partial charge < -0.3 is 10.0 Å². The summed E-state index contributed by atoms with van der Waals surface area (Å²) in [6.45, 7) is 4.45. The van der Waals surface area contributed by atoms with Gasteiger partial charge in [0.15, 0.2) is 5.54 Å². The molecule has 4 nitrogen and oxygen atoms in total. The average Bonchev–Trinajstić information content (AvgIpc) is 2.33. The van der Waals surface area contributed by atoms with Crippen molar-refractivity contribution in [2.75, 3.05) is 6.54 Å². The summed E-state index contributed by atoms with van der Waals surface area (Å²) in [4.78, 5) is 24.4. The smallest absolute Gasteiger partial charge is 0.334 e. The van der Waals surface area contributed by atoms with E-state index >= 15 is 0 Å². The number of carbonyl (C=O) groups excluding carboxylic acids is 1. The number of benzene rings is 1. The maximum Gasteiger partial charge on any atom is 0.334 e. The second-order valence-corrected chi connectivity index (χ2v) is 4.71. The van der Waals surface area contributed by atoms with Gasteiger partial charge in [-0.2, -0.15) is 0 Å². The van der Waals surface area contributed by atoms with E-state index in [4.69, 9.17) is 0 Å². The lowest BCUT2D eigenvalue weighted by Gasteiger charge is -2.37. The monoisotopic (exact) mass is 285 g/mol. The van der Waals surface area contributed by atoms with E-state index in [1.807, 2.05) is 0 Å². The molecule has 0 aromatic heterocycles. The van der Waals surface area contributed by atoms with Crippen molar-refractivity contribution in [3.8, 4) is 0 Å². The van der Waals surface area contributed by atoms with Crippen molar-refractivity contribution in [3.63, 3.8) is 0 Å². The summed E-state index contributed by atoms with van der Waals surface area (Å²) < 4.78 is 26.7. The van der Waals surface area contributed by atoms with Gasteiger partial charge in [0, 0.05) is 19.5 Å². The Hall–Kier alpha value is -1.98. The maximum absolute atomic E-state index is 13.3. The van der Waals surface area contributed by atoms with Crippen molar-refractivity contribution in [1.82, 2.24) is 4.90 Å². The molecule has 0 aliphatic carbocycles. The lowest BCUT2D eigenvalue weighted by molar-refractivity contribution is -0.158. The zero-order valence-electron chi connectivity index (χ0n) is 11.6. The van der Waals surface area contributed by atoms with E-state index < -0.39 is 29.0 Å². The highest BCUT2D eigenvalue weighted by Gasteiger charge is 2.43. The van der Waals surface area contributed by atoms with Crippen LogP contribution in [0.15, 0.2) is 18.2 Å². The van der Waals surface area contributed by atoms with Crippen LogP contribution < -0.4 is 0 Å². The molecule has 1 N–H and O–H groups in total. The van der Waals surface area contributed by atoms with Crippen molar-refractivity contribution in [1.29, 1.82) is 0 Å². The lowest BCUT2D eigenvalue weighted by atomic mass is 9.89. The van der Waals surface area contributed by atoms with Crippen LogP contribution in [-0.4, -0.2) is 28.4 Å². The molecule has 0 heterocycles. The third kappa shape index (κ3) is 2.95. The first-order valence-corrected chi connectivity index (χ1v) is 6.21. The van der Waals surface area contributed by atoms with Crippen LogP contribution in [-0.2, 0) is 15.1 Å². The molecule has 110 valence electrons. The molecule has 0 bridgehead atoms. The molecule has 20 heavy (non-hydrogen) atoms. The molecule has 1 aromatic rings. The molecular formula is C14H17F2NO3. The van der Waals surface area contributed by atoms with Gasteiger partial charge in [0.2, 0.25) is 5.91 Å². The van der Waals surface area contributed by atoms with Crippen molar-refractivity contribution in [2.45, 2.75) is 32.7 Å². The van der Waals surface area contributed by atoms with Gasteiger partial charge in [0.1, 0.15) is 11.6 Å². The number of carbonyl (C=O) groups is 2. The van der Waals surface area contributed by atoms with E-state index in [0.717, 1.165) is 17.0 Å². The van der Waals surface area contributed by atoms with Crippen LogP contribution >= 0.6 is 0 Å². The molecule has 0 aliphatic rings. The first-order valence-electron chi connectivity index (χ1n) is 6.21. The minimum Gasteiger partial charge on any atom is -0.479 e. The Bertz CT molecular complexity index is 513. The van der Waals surface area contributed by atoms with Gasteiger partial charge in [-0.05, 0) is 31.0 Å². The molecule has 0 radical (unpaired) electrons. The maximum atomic E-state index is 13.3. The number of amides is 1. The van der Waals surface area contributed by atoms with Gasteiger partial charge in [-0.3, -0.25) is 4.79 Å². The molecular weight excluding hydrogens is 268 g/mol. The predicted molar refractivity (Wildman–Crippen MR) is 69.0 cm³/mol. The number of hydrogen-bond acceptors (Lipinski definition) is 2. The van der Waals surface area contributed by atoms with Crippen LogP contribution in [0.25, 0.3) is 0 Å². The summed E-state index contributed by atoms with van der Waals surface area (Å²) in [6.07, 6.45) is 0.528. The first kappa shape index (κ1) is 16.1. The van der Waals surface area contributed by atoms with Crippen LogP contribution in [0, 0.1) is 11.6 Å². The number of aliphatic carboxylic acids is 1. The van der Waals surface area contributed by atoms with E-state index in [-0.39, 0.29) is 12.1 Å². The highest BCUT2D eigenvalue weighted by Crippen LogP contribution is 2.30. The number of nitrogens with zero attached hydrogens (tertiary/aromatic N) is 1. The summed E-state index contributed by atoms with van der Waals surface area (Å²) in [7, 11) is 0. The van der Waals surface area contributed by atoms with Crippen LogP contribution in [0.2, 0.25) is 0 Å². The second kappa shape index (κ2) is 5.98. The average molecular weight is 285 g/mol. The highest BCUT2D eigenvalue weighted by molar-refractivity contribution is 5.87. The molecule has 0 saturated carbocycles. The standard InChI is InChI=1S/C14H17F2NO3/c1-4-5-17(9(2)18)14(3,13(19)20)10-6-11(15)8-12(16)7-10/h6-8H,4-5H2,1-3H3,(H,19,20). The Kier molecular flexibility index (Phi) is 4.81. The van der Waals surface area contributed by atoms with Gasteiger partial charge in [-0.1, -0.05) is 6.92 Å². The predicted octanol–water partition coefficient (Wildman–Crippen LogP) is 2.52. The Balaban J connectivity index is 3.47. The molecule has 1 unspecified atom stereocenters. The molecule has 0 saturated heterocycles. The highest BCUT2D eigenvalue weighted by atomic mass is 19.1. The molecule has 1 aromatic carbocycles. The lowest BCUT2D eigenvalue weighted by Crippen LogP contribution is -2.52. The third-order valence-corrected chi connectivity index (χ3v) is 3.21. The molecule has 0 spiro atoms. The summed E-state index contributed by atoms with van der Waals surface area (Å²) in [5.74, 6) is -3.58. The Labute approximate surface area is 116 Å². The van der Waals surface area contributed by atoms with Gasteiger partial charge in [0.25, 0.3) is 0 Å². The molecule has 1 rings (SSSR count). The molecule has 1 amide bonds. The molecule has 1 atom stereocenters. The van der Waals surface area contributed by atoms with E-state index in [1.165, 1.54) is 13.8 Å². The number of carboxylic acid groups (broad SMARTS) is 1. The van der Waals surface area contributed by atoms with E-state index in [2.05, 4.69) is 0 Å². The Morgan fingerprint density at radius 2 is 1.75 bits per heavy atom. The molecule has 6 heteroatoms. The number of halogens is 2. The van der Waals surface area contributed by atoms with Crippen molar-refractivity contribution >= 4 is 11.9 Å². The Morgan fingerprint density at radius 1 is 1.25 bits per heavy atom. The molecule has 0 fully saturated rings. The SMILES string of the molecule is CCCN(C(C)=O)C(C)(C(=O)O)c1cc(F)cc(F)c1. The topological polar surface area (TPSA) is 57.6 Å². The summed E-state index contributed by atoms with van der Waals surface area (Å²) in [5, 5.41) is 9.47. The number of carboxylic acids is 1. The van der Waals surface area contributed by atoms with Crippen LogP contribution in [0.5, 0.6) is 0 Å². The largest absolute Gasteiger partial charge is 0.479 e. The van der Waals surface area contributed by atoms with Crippen molar-refractivity contribution in [3.05, 3.63) is 35.4 Å².